The number of benzene rings is 2. The van der Waals surface area contributed by atoms with E-state index in [4.69, 9.17) is 11.0 Å². The molecular formula is C21H24N4O. The molecule has 1 saturated carbocycles. The summed E-state index contributed by atoms with van der Waals surface area (Å²) >= 11 is 0. The lowest BCUT2D eigenvalue weighted by Crippen LogP contribution is -2.56. The Kier molecular flexibility index (Phi) is 5.24. The fourth-order valence-corrected chi connectivity index (χ4v) is 3.13. The molecule has 0 aliphatic heterocycles. The Morgan fingerprint density at radius 1 is 1.23 bits per heavy atom. The van der Waals surface area contributed by atoms with Crippen molar-refractivity contribution >= 4 is 6.03 Å². The van der Waals surface area contributed by atoms with E-state index in [0.717, 1.165) is 36.0 Å². The number of nitriles is 1. The van der Waals surface area contributed by atoms with Crippen molar-refractivity contribution in [2.75, 3.05) is 6.54 Å². The van der Waals surface area contributed by atoms with Crippen LogP contribution in [0.4, 0.5) is 4.79 Å². The van der Waals surface area contributed by atoms with Crippen LogP contribution in [-0.4, -0.2) is 18.1 Å². The first-order chi connectivity index (χ1) is 12.5. The van der Waals surface area contributed by atoms with E-state index in [2.05, 4.69) is 16.7 Å². The van der Waals surface area contributed by atoms with Gasteiger partial charge in [-0.1, -0.05) is 36.4 Å². The number of nitrogens with zero attached hydrogens (tertiary/aromatic N) is 1. The third kappa shape index (κ3) is 4.22. The summed E-state index contributed by atoms with van der Waals surface area (Å²) in [5.41, 5.74) is 9.60. The van der Waals surface area contributed by atoms with E-state index in [9.17, 15) is 4.79 Å². The molecule has 2 aromatic rings. The van der Waals surface area contributed by atoms with Crippen molar-refractivity contribution in [2.45, 2.75) is 37.8 Å². The van der Waals surface area contributed by atoms with Crippen molar-refractivity contribution in [1.29, 1.82) is 5.26 Å². The van der Waals surface area contributed by atoms with E-state index in [1.54, 1.807) is 6.07 Å². The molecule has 0 radical (unpaired) electrons. The minimum atomic E-state index is -0.222. The maximum atomic E-state index is 12.1. The van der Waals surface area contributed by atoms with Gasteiger partial charge in [0.25, 0.3) is 0 Å². The fraction of sp³-hybridized carbons (Fsp3) is 0.333. The van der Waals surface area contributed by atoms with Crippen LogP contribution in [0.1, 0.15) is 43.4 Å². The zero-order chi connectivity index (χ0) is 18.6. The molecule has 1 atom stereocenters. The Morgan fingerprint density at radius 3 is 2.58 bits per heavy atom. The van der Waals surface area contributed by atoms with Crippen molar-refractivity contribution in [3.05, 3.63) is 59.7 Å². The van der Waals surface area contributed by atoms with Gasteiger partial charge in [0.05, 0.1) is 17.7 Å². The van der Waals surface area contributed by atoms with Gasteiger partial charge in [0.15, 0.2) is 0 Å². The maximum absolute atomic E-state index is 12.1. The first-order valence-electron chi connectivity index (χ1n) is 8.93. The number of carbonyl (C=O) groups is 1. The standard InChI is InChI=1S/C21H24N4O/c1-15(25-20(26)24-14-21(23)10-3-11-21)17-6-8-18(9-7-17)19-5-2-4-16(12-19)13-22/h2,4-9,12,15H,3,10-11,14,23H2,1H3,(H2,24,25,26). The molecule has 134 valence electrons. The lowest BCUT2D eigenvalue weighted by molar-refractivity contribution is 0.215. The SMILES string of the molecule is CC(NC(=O)NCC1(N)CCC1)c1ccc(-c2cccc(C#N)c2)cc1. The number of urea groups is 1. The van der Waals surface area contributed by atoms with Gasteiger partial charge in [-0.25, -0.2) is 4.79 Å². The molecule has 0 heterocycles. The van der Waals surface area contributed by atoms with Crippen molar-refractivity contribution in [2.24, 2.45) is 5.73 Å². The summed E-state index contributed by atoms with van der Waals surface area (Å²) in [7, 11) is 0. The zero-order valence-electron chi connectivity index (χ0n) is 15.0. The molecule has 5 nitrogen and oxygen atoms in total. The Hall–Kier alpha value is -2.84. The number of hydrogen-bond acceptors (Lipinski definition) is 3. The van der Waals surface area contributed by atoms with E-state index in [0.29, 0.717) is 12.1 Å². The van der Waals surface area contributed by atoms with Crippen molar-refractivity contribution < 1.29 is 4.79 Å². The maximum Gasteiger partial charge on any atom is 0.315 e. The van der Waals surface area contributed by atoms with E-state index in [1.165, 1.54) is 0 Å². The second-order valence-electron chi connectivity index (χ2n) is 7.08. The highest BCUT2D eigenvalue weighted by Crippen LogP contribution is 2.28. The van der Waals surface area contributed by atoms with Gasteiger partial charge in [0.1, 0.15) is 0 Å². The van der Waals surface area contributed by atoms with E-state index < -0.39 is 0 Å². The second-order valence-corrected chi connectivity index (χ2v) is 7.08. The number of hydrogen-bond donors (Lipinski definition) is 3. The van der Waals surface area contributed by atoms with Gasteiger partial charge in [-0.05, 0) is 55.0 Å². The van der Waals surface area contributed by atoms with Crippen molar-refractivity contribution in [1.82, 2.24) is 10.6 Å². The van der Waals surface area contributed by atoms with E-state index in [-0.39, 0.29) is 17.6 Å². The number of nitrogens with one attached hydrogen (secondary N) is 2. The molecule has 1 fully saturated rings. The van der Waals surface area contributed by atoms with Gasteiger partial charge >= 0.3 is 6.03 Å². The molecule has 2 amide bonds. The second kappa shape index (κ2) is 7.59. The molecule has 1 aliphatic carbocycles. The minimum Gasteiger partial charge on any atom is -0.336 e. The predicted molar refractivity (Wildman–Crippen MR) is 102 cm³/mol. The summed E-state index contributed by atoms with van der Waals surface area (Å²) in [6, 6.07) is 17.4. The number of amides is 2. The van der Waals surface area contributed by atoms with Gasteiger partial charge in [-0.15, -0.1) is 0 Å². The molecule has 0 saturated heterocycles. The van der Waals surface area contributed by atoms with Crippen LogP contribution < -0.4 is 16.4 Å². The lowest BCUT2D eigenvalue weighted by atomic mass is 9.78. The van der Waals surface area contributed by atoms with Crippen LogP contribution in [0.3, 0.4) is 0 Å². The molecule has 2 aromatic carbocycles. The summed E-state index contributed by atoms with van der Waals surface area (Å²) in [5, 5.41) is 14.8. The zero-order valence-corrected chi connectivity index (χ0v) is 15.0. The summed E-state index contributed by atoms with van der Waals surface area (Å²) in [6.45, 7) is 2.46. The highest BCUT2D eigenvalue weighted by Gasteiger charge is 2.32. The normalized spacial score (nSPS) is 16.0. The third-order valence-electron chi connectivity index (χ3n) is 5.03. The Balaban J connectivity index is 1.58. The molecule has 0 bridgehead atoms. The van der Waals surface area contributed by atoms with Crippen LogP contribution in [0.25, 0.3) is 11.1 Å². The van der Waals surface area contributed by atoms with Crippen LogP contribution in [-0.2, 0) is 0 Å². The van der Waals surface area contributed by atoms with Crippen LogP contribution in [0.15, 0.2) is 48.5 Å². The van der Waals surface area contributed by atoms with Gasteiger partial charge in [-0.3, -0.25) is 0 Å². The van der Waals surface area contributed by atoms with E-state index in [1.807, 2.05) is 49.4 Å². The molecule has 5 heteroatoms. The minimum absolute atomic E-state index is 0.107. The monoisotopic (exact) mass is 348 g/mol. The summed E-state index contributed by atoms with van der Waals surface area (Å²) in [5.74, 6) is 0. The number of rotatable bonds is 5. The topological polar surface area (TPSA) is 90.9 Å². The molecule has 0 aromatic heterocycles. The predicted octanol–water partition coefficient (Wildman–Crippen LogP) is 3.47. The average molecular weight is 348 g/mol. The number of nitrogens with two attached hydrogens (primary N) is 1. The average Bonchev–Trinajstić information content (AvgIpc) is 2.65. The van der Waals surface area contributed by atoms with Crippen LogP contribution in [0, 0.1) is 11.3 Å². The summed E-state index contributed by atoms with van der Waals surface area (Å²) in [6.07, 6.45) is 3.08. The van der Waals surface area contributed by atoms with Crippen LogP contribution in [0.2, 0.25) is 0 Å². The van der Waals surface area contributed by atoms with Crippen molar-refractivity contribution in [3.8, 4) is 17.2 Å². The third-order valence-corrected chi connectivity index (χ3v) is 5.03. The molecule has 4 N–H and O–H groups in total. The van der Waals surface area contributed by atoms with Gasteiger partial charge in [0.2, 0.25) is 0 Å². The van der Waals surface area contributed by atoms with Gasteiger partial charge in [0, 0.05) is 12.1 Å². The van der Waals surface area contributed by atoms with Crippen molar-refractivity contribution in [3.63, 3.8) is 0 Å². The first kappa shape index (κ1) is 18.0. The highest BCUT2D eigenvalue weighted by molar-refractivity contribution is 5.74. The summed E-state index contributed by atoms with van der Waals surface area (Å²) < 4.78 is 0. The molecule has 0 spiro atoms. The lowest BCUT2D eigenvalue weighted by Gasteiger charge is -2.38. The Bertz CT molecular complexity index is 819. The van der Waals surface area contributed by atoms with E-state index >= 15 is 0 Å². The molecule has 1 aliphatic rings. The molecule has 26 heavy (non-hydrogen) atoms. The summed E-state index contributed by atoms with van der Waals surface area (Å²) in [4.78, 5) is 12.1. The first-order valence-corrected chi connectivity index (χ1v) is 8.93. The quantitative estimate of drug-likeness (QED) is 0.773. The van der Waals surface area contributed by atoms with Crippen LogP contribution >= 0.6 is 0 Å². The Labute approximate surface area is 154 Å². The van der Waals surface area contributed by atoms with Crippen LogP contribution in [0.5, 0.6) is 0 Å². The number of carbonyl (C=O) groups excluding carboxylic acids is 1. The molecule has 3 rings (SSSR count). The molecular weight excluding hydrogens is 324 g/mol. The fourth-order valence-electron chi connectivity index (χ4n) is 3.13. The highest BCUT2D eigenvalue weighted by atomic mass is 16.2. The largest absolute Gasteiger partial charge is 0.336 e. The Morgan fingerprint density at radius 2 is 1.96 bits per heavy atom. The smallest absolute Gasteiger partial charge is 0.315 e. The van der Waals surface area contributed by atoms with Gasteiger partial charge in [-0.2, -0.15) is 5.26 Å². The molecule has 1 unspecified atom stereocenters. The van der Waals surface area contributed by atoms with Gasteiger partial charge < -0.3 is 16.4 Å².